The number of rotatable bonds is 6. The molecule has 1 aliphatic carbocycles. The molecule has 134 valence electrons. The van der Waals surface area contributed by atoms with Crippen molar-refractivity contribution in [1.29, 1.82) is 0 Å². The molecular weight excluding hydrogens is 302 g/mol. The third-order valence-corrected chi connectivity index (χ3v) is 4.86. The first kappa shape index (κ1) is 19.8. The van der Waals surface area contributed by atoms with E-state index >= 15 is 0 Å². The van der Waals surface area contributed by atoms with Gasteiger partial charge in [0.15, 0.2) is 0 Å². The van der Waals surface area contributed by atoms with Crippen LogP contribution in [0.3, 0.4) is 0 Å². The lowest BCUT2D eigenvalue weighted by Gasteiger charge is -2.32. The molecule has 0 aromatic heterocycles. The van der Waals surface area contributed by atoms with E-state index < -0.39 is 0 Å². The van der Waals surface area contributed by atoms with E-state index in [1.807, 2.05) is 27.7 Å². The minimum Gasteiger partial charge on any atom is -0.405 e. The molecule has 0 radical (unpaired) electrons. The average molecular weight is 334 g/mol. The molecule has 0 N–H and O–H groups in total. The molecule has 24 heavy (non-hydrogen) atoms. The fourth-order valence-corrected chi connectivity index (χ4v) is 2.76. The average Bonchev–Trinajstić information content (AvgIpc) is 2.66. The number of allylic oxidation sites excluding steroid dienone is 4. The Morgan fingerprint density at radius 3 is 1.79 bits per heavy atom. The van der Waals surface area contributed by atoms with Crippen LogP contribution in [-0.2, 0) is 18.6 Å². The molecule has 2 aliphatic rings. The van der Waals surface area contributed by atoms with Crippen molar-refractivity contribution in [3.8, 4) is 0 Å². The zero-order valence-electron chi connectivity index (χ0n) is 16.5. The van der Waals surface area contributed by atoms with Crippen molar-refractivity contribution in [3.05, 3.63) is 23.1 Å². The van der Waals surface area contributed by atoms with Crippen LogP contribution in [0.5, 0.6) is 0 Å². The summed E-state index contributed by atoms with van der Waals surface area (Å²) in [5.41, 5.74) is 1.77. The number of hydrogen-bond acceptors (Lipinski definition) is 4. The summed E-state index contributed by atoms with van der Waals surface area (Å²) >= 11 is 0. The van der Waals surface area contributed by atoms with Gasteiger partial charge in [0.25, 0.3) is 0 Å². The lowest BCUT2D eigenvalue weighted by molar-refractivity contribution is 0.00578. The molecule has 6 heteroatoms. The van der Waals surface area contributed by atoms with E-state index in [0.29, 0.717) is 0 Å². The van der Waals surface area contributed by atoms with E-state index in [9.17, 15) is 0 Å². The molecule has 1 aliphatic heterocycles. The van der Waals surface area contributed by atoms with Crippen LogP contribution < -0.4 is 0 Å². The third-order valence-electron chi connectivity index (χ3n) is 4.86. The first-order valence-electron chi connectivity index (χ1n) is 9.08. The minimum absolute atomic E-state index is 0.128. The Hall–Kier alpha value is -0.550. The number of hydrogen-bond donors (Lipinski definition) is 0. The Bertz CT molecular complexity index is 465. The Morgan fingerprint density at radius 1 is 0.917 bits per heavy atom. The molecular formula is C18H32B2O4. The van der Waals surface area contributed by atoms with Crippen LogP contribution in [0.1, 0.15) is 68.2 Å². The maximum absolute atomic E-state index is 6.15. The van der Waals surface area contributed by atoms with Gasteiger partial charge in [0, 0.05) is 12.2 Å². The van der Waals surface area contributed by atoms with Gasteiger partial charge in [0.05, 0.1) is 11.2 Å². The van der Waals surface area contributed by atoms with Crippen molar-refractivity contribution in [2.45, 2.75) is 91.6 Å². The summed E-state index contributed by atoms with van der Waals surface area (Å²) in [7, 11) is -0.538. The first-order valence-corrected chi connectivity index (χ1v) is 9.08. The zero-order chi connectivity index (χ0) is 18.1. The van der Waals surface area contributed by atoms with Crippen LogP contribution in [0.25, 0.3) is 0 Å². The van der Waals surface area contributed by atoms with Crippen molar-refractivity contribution in [3.63, 3.8) is 0 Å². The van der Waals surface area contributed by atoms with E-state index in [4.69, 9.17) is 18.6 Å². The Balaban J connectivity index is 2.10. The molecule has 2 rings (SSSR count). The molecule has 0 amide bonds. The molecule has 1 saturated heterocycles. The van der Waals surface area contributed by atoms with Gasteiger partial charge in [-0.1, -0.05) is 12.2 Å². The Labute approximate surface area is 148 Å². The second-order valence-electron chi connectivity index (χ2n) is 8.27. The van der Waals surface area contributed by atoms with Crippen LogP contribution in [0, 0.1) is 0 Å². The van der Waals surface area contributed by atoms with Crippen LogP contribution in [0.4, 0.5) is 0 Å². The summed E-state index contributed by atoms with van der Waals surface area (Å²) in [6.45, 7) is 16.5. The molecule has 0 saturated carbocycles. The van der Waals surface area contributed by atoms with Crippen LogP contribution in [0.15, 0.2) is 23.1 Å². The summed E-state index contributed by atoms with van der Waals surface area (Å²) in [6, 6.07) is 0. The minimum atomic E-state index is -0.299. The van der Waals surface area contributed by atoms with Gasteiger partial charge >= 0.3 is 14.2 Å². The highest BCUT2D eigenvalue weighted by Gasteiger charge is 2.52. The standard InChI is InChI=1S/C18H32B2O4/c1-13(2)21-19(22-14(3)4)15-9-11-16(12-10-15)20-23-17(5,6)18(7,8)24-20/h9,11,13-14H,10,12H2,1-8H3. The van der Waals surface area contributed by atoms with E-state index in [0.717, 1.165) is 12.8 Å². The second kappa shape index (κ2) is 7.36. The van der Waals surface area contributed by atoms with Crippen molar-refractivity contribution in [1.82, 2.24) is 0 Å². The second-order valence-corrected chi connectivity index (χ2v) is 8.27. The summed E-state index contributed by atoms with van der Waals surface area (Å²) < 4.78 is 24.2. The van der Waals surface area contributed by atoms with Gasteiger partial charge < -0.3 is 18.6 Å². The van der Waals surface area contributed by atoms with E-state index in [1.54, 1.807) is 0 Å². The smallest absolute Gasteiger partial charge is 0.405 e. The van der Waals surface area contributed by atoms with Gasteiger partial charge in [-0.05, 0) is 79.2 Å². The predicted octanol–water partition coefficient (Wildman–Crippen LogP) is 4.14. The highest BCUT2D eigenvalue weighted by molar-refractivity contribution is 6.56. The summed E-state index contributed by atoms with van der Waals surface area (Å²) in [5.74, 6) is 0. The highest BCUT2D eigenvalue weighted by atomic mass is 16.7. The topological polar surface area (TPSA) is 36.9 Å². The summed E-state index contributed by atoms with van der Waals surface area (Å²) in [4.78, 5) is 0. The molecule has 0 bridgehead atoms. The van der Waals surface area contributed by atoms with Gasteiger partial charge in [-0.15, -0.1) is 0 Å². The van der Waals surface area contributed by atoms with E-state index in [1.165, 1.54) is 10.9 Å². The molecule has 0 aromatic carbocycles. The van der Waals surface area contributed by atoms with Gasteiger partial charge in [0.2, 0.25) is 0 Å². The normalized spacial score (nSPS) is 22.8. The molecule has 1 fully saturated rings. The summed E-state index contributed by atoms with van der Waals surface area (Å²) in [6.07, 6.45) is 6.29. The molecule has 0 spiro atoms. The monoisotopic (exact) mass is 334 g/mol. The van der Waals surface area contributed by atoms with Gasteiger partial charge in [0.1, 0.15) is 0 Å². The van der Waals surface area contributed by atoms with Crippen LogP contribution in [-0.4, -0.2) is 37.6 Å². The Morgan fingerprint density at radius 2 is 1.42 bits per heavy atom. The van der Waals surface area contributed by atoms with Crippen LogP contribution >= 0.6 is 0 Å². The third kappa shape index (κ3) is 4.54. The van der Waals surface area contributed by atoms with E-state index in [-0.39, 0.29) is 37.6 Å². The van der Waals surface area contributed by atoms with Gasteiger partial charge in [-0.2, -0.15) is 0 Å². The van der Waals surface area contributed by atoms with Crippen molar-refractivity contribution < 1.29 is 18.6 Å². The lowest BCUT2D eigenvalue weighted by Crippen LogP contribution is -2.41. The highest BCUT2D eigenvalue weighted by Crippen LogP contribution is 2.40. The zero-order valence-corrected chi connectivity index (χ0v) is 16.5. The largest absolute Gasteiger partial charge is 0.490 e. The van der Waals surface area contributed by atoms with Crippen LogP contribution in [0.2, 0.25) is 0 Å². The van der Waals surface area contributed by atoms with Gasteiger partial charge in [-0.25, -0.2) is 0 Å². The quantitative estimate of drug-likeness (QED) is 0.684. The Kier molecular flexibility index (Phi) is 6.07. The van der Waals surface area contributed by atoms with Crippen molar-refractivity contribution in [2.75, 3.05) is 0 Å². The maximum atomic E-state index is 6.15. The lowest BCUT2D eigenvalue weighted by atomic mass is 9.66. The molecule has 0 atom stereocenters. The molecule has 4 nitrogen and oxygen atoms in total. The summed E-state index contributed by atoms with van der Waals surface area (Å²) in [5, 5.41) is 0. The SMILES string of the molecule is CC(C)OB(OC(C)C)C1=CC=C(B2OC(C)(C)C(C)(C)O2)CC1. The molecule has 1 heterocycles. The van der Waals surface area contributed by atoms with Crippen molar-refractivity contribution in [2.24, 2.45) is 0 Å². The van der Waals surface area contributed by atoms with Gasteiger partial charge in [-0.3, -0.25) is 0 Å². The first-order chi connectivity index (χ1) is 11.0. The predicted molar refractivity (Wildman–Crippen MR) is 99.7 cm³/mol. The van der Waals surface area contributed by atoms with Crippen molar-refractivity contribution >= 4 is 14.2 Å². The maximum Gasteiger partial charge on any atom is 0.490 e. The fourth-order valence-electron chi connectivity index (χ4n) is 2.76. The molecule has 0 aromatic rings. The fraction of sp³-hybridized carbons (Fsp3) is 0.778. The van der Waals surface area contributed by atoms with E-state index in [2.05, 4.69) is 39.8 Å². The molecule has 0 unspecified atom stereocenters.